The molecule has 1 aliphatic rings. The molecular weight excluding hydrogens is 226 g/mol. The maximum atomic E-state index is 10.6. The fourth-order valence-electron chi connectivity index (χ4n) is 2.82. The molecule has 0 atom stereocenters. The predicted octanol–water partition coefficient (Wildman–Crippen LogP) is 2.22. The van der Waals surface area contributed by atoms with E-state index in [1.54, 1.807) is 12.1 Å². The van der Waals surface area contributed by atoms with E-state index >= 15 is 0 Å². The van der Waals surface area contributed by atoms with E-state index in [9.17, 15) is 10.2 Å². The minimum atomic E-state index is -0.567. The summed E-state index contributed by atoms with van der Waals surface area (Å²) in [5.41, 5.74) is 0.528. The van der Waals surface area contributed by atoms with Gasteiger partial charge in [-0.3, -0.25) is 0 Å². The van der Waals surface area contributed by atoms with Crippen LogP contribution in [0.25, 0.3) is 0 Å². The summed E-state index contributed by atoms with van der Waals surface area (Å²) >= 11 is 0. The third-order valence-corrected chi connectivity index (χ3v) is 3.88. The Kier molecular flexibility index (Phi) is 4.25. The molecule has 0 aliphatic heterocycles. The van der Waals surface area contributed by atoms with Crippen LogP contribution in [0.15, 0.2) is 24.3 Å². The number of nitrogens with one attached hydrogen (secondary N) is 1. The summed E-state index contributed by atoms with van der Waals surface area (Å²) in [6, 6.07) is 7.72. The summed E-state index contributed by atoms with van der Waals surface area (Å²) in [7, 11) is 0. The van der Waals surface area contributed by atoms with Crippen LogP contribution >= 0.6 is 0 Å². The first-order valence-corrected chi connectivity index (χ1v) is 6.85. The molecule has 100 valence electrons. The molecule has 1 aromatic rings. The first-order valence-electron chi connectivity index (χ1n) is 6.85. The minimum Gasteiger partial charge on any atom is -0.508 e. The molecule has 1 saturated carbocycles. The minimum absolute atomic E-state index is 0.279. The van der Waals surface area contributed by atoms with Crippen LogP contribution in [-0.2, 0) is 6.42 Å². The van der Waals surface area contributed by atoms with Crippen molar-refractivity contribution < 1.29 is 10.2 Å². The van der Waals surface area contributed by atoms with Crippen molar-refractivity contribution in [3.63, 3.8) is 0 Å². The monoisotopic (exact) mass is 249 g/mol. The number of rotatable bonds is 4. The van der Waals surface area contributed by atoms with Gasteiger partial charge in [-0.1, -0.05) is 19.1 Å². The molecule has 0 bridgehead atoms. The summed E-state index contributed by atoms with van der Waals surface area (Å²) in [6.45, 7) is 3.12. The molecule has 1 aromatic carbocycles. The van der Waals surface area contributed by atoms with Gasteiger partial charge in [-0.15, -0.1) is 0 Å². The van der Waals surface area contributed by atoms with Gasteiger partial charge in [-0.25, -0.2) is 0 Å². The Balaban J connectivity index is 1.91. The molecule has 0 heterocycles. The van der Waals surface area contributed by atoms with Gasteiger partial charge in [0.25, 0.3) is 0 Å². The Bertz CT molecular complexity index is 367. The molecule has 2 rings (SSSR count). The lowest BCUT2D eigenvalue weighted by molar-refractivity contribution is -0.00295. The molecule has 3 heteroatoms. The number of aliphatic hydroxyl groups is 1. The van der Waals surface area contributed by atoms with Gasteiger partial charge >= 0.3 is 0 Å². The standard InChI is InChI=1S/C15H23NO2/c1-2-16-13-7-9-15(18,10-8-13)11-12-3-5-14(17)6-4-12/h3-6,13,16-18H,2,7-11H2,1H3. The van der Waals surface area contributed by atoms with Gasteiger partial charge in [0, 0.05) is 12.5 Å². The molecule has 0 aromatic heterocycles. The number of benzene rings is 1. The van der Waals surface area contributed by atoms with Gasteiger partial charge in [-0.05, 0) is 49.9 Å². The summed E-state index contributed by atoms with van der Waals surface area (Å²) in [4.78, 5) is 0. The molecule has 0 unspecified atom stereocenters. The highest BCUT2D eigenvalue weighted by Gasteiger charge is 2.32. The lowest BCUT2D eigenvalue weighted by atomic mass is 9.78. The zero-order valence-corrected chi connectivity index (χ0v) is 11.0. The second kappa shape index (κ2) is 5.72. The second-order valence-corrected chi connectivity index (χ2v) is 5.40. The van der Waals surface area contributed by atoms with Crippen LogP contribution in [0.3, 0.4) is 0 Å². The van der Waals surface area contributed by atoms with Gasteiger partial charge in [0.15, 0.2) is 0 Å². The molecule has 1 aliphatic carbocycles. The molecular formula is C15H23NO2. The second-order valence-electron chi connectivity index (χ2n) is 5.40. The van der Waals surface area contributed by atoms with Crippen molar-refractivity contribution in [2.75, 3.05) is 6.54 Å². The van der Waals surface area contributed by atoms with Crippen molar-refractivity contribution in [1.82, 2.24) is 5.32 Å². The number of phenolic OH excluding ortho intramolecular Hbond substituents is 1. The highest BCUT2D eigenvalue weighted by atomic mass is 16.3. The third kappa shape index (κ3) is 3.47. The molecule has 0 amide bonds. The normalized spacial score (nSPS) is 28.2. The quantitative estimate of drug-likeness (QED) is 0.767. The Morgan fingerprint density at radius 2 is 1.83 bits per heavy atom. The molecule has 3 nitrogen and oxygen atoms in total. The highest BCUT2D eigenvalue weighted by Crippen LogP contribution is 2.31. The van der Waals surface area contributed by atoms with Crippen molar-refractivity contribution in [3.8, 4) is 5.75 Å². The van der Waals surface area contributed by atoms with Crippen LogP contribution in [0.4, 0.5) is 0 Å². The zero-order chi connectivity index (χ0) is 13.0. The first kappa shape index (κ1) is 13.4. The topological polar surface area (TPSA) is 52.5 Å². The Labute approximate surface area is 109 Å². The van der Waals surface area contributed by atoms with Crippen LogP contribution in [0.1, 0.15) is 38.2 Å². The van der Waals surface area contributed by atoms with Crippen molar-refractivity contribution in [3.05, 3.63) is 29.8 Å². The Hall–Kier alpha value is -1.06. The predicted molar refractivity (Wildman–Crippen MR) is 72.7 cm³/mol. The van der Waals surface area contributed by atoms with E-state index in [0.29, 0.717) is 12.5 Å². The number of hydrogen-bond acceptors (Lipinski definition) is 3. The molecule has 0 radical (unpaired) electrons. The summed E-state index contributed by atoms with van der Waals surface area (Å²) in [5.74, 6) is 0.279. The van der Waals surface area contributed by atoms with E-state index in [1.807, 2.05) is 12.1 Å². The fraction of sp³-hybridized carbons (Fsp3) is 0.600. The molecule has 1 fully saturated rings. The summed E-state index contributed by atoms with van der Waals surface area (Å²) in [6.07, 6.45) is 4.48. The van der Waals surface area contributed by atoms with Gasteiger partial charge in [0.1, 0.15) is 5.75 Å². The van der Waals surface area contributed by atoms with Crippen molar-refractivity contribution >= 4 is 0 Å². The fourth-order valence-corrected chi connectivity index (χ4v) is 2.82. The van der Waals surface area contributed by atoms with E-state index < -0.39 is 5.60 Å². The largest absolute Gasteiger partial charge is 0.508 e. The van der Waals surface area contributed by atoms with Crippen LogP contribution < -0.4 is 5.32 Å². The van der Waals surface area contributed by atoms with Crippen LogP contribution in [0.5, 0.6) is 5.75 Å². The lowest BCUT2D eigenvalue weighted by Gasteiger charge is -2.36. The van der Waals surface area contributed by atoms with E-state index in [0.717, 1.165) is 37.8 Å². The van der Waals surface area contributed by atoms with Crippen molar-refractivity contribution in [2.24, 2.45) is 0 Å². The van der Waals surface area contributed by atoms with Crippen molar-refractivity contribution in [1.29, 1.82) is 0 Å². The molecule has 3 N–H and O–H groups in total. The van der Waals surface area contributed by atoms with Gasteiger partial charge < -0.3 is 15.5 Å². The third-order valence-electron chi connectivity index (χ3n) is 3.88. The van der Waals surface area contributed by atoms with E-state index in [2.05, 4.69) is 12.2 Å². The summed E-state index contributed by atoms with van der Waals surface area (Å²) < 4.78 is 0. The lowest BCUT2D eigenvalue weighted by Crippen LogP contribution is -2.42. The molecule has 0 spiro atoms. The van der Waals surface area contributed by atoms with Gasteiger partial charge in [0.05, 0.1) is 5.60 Å². The zero-order valence-electron chi connectivity index (χ0n) is 11.0. The molecule has 18 heavy (non-hydrogen) atoms. The van der Waals surface area contributed by atoms with E-state index in [4.69, 9.17) is 0 Å². The number of hydrogen-bond donors (Lipinski definition) is 3. The maximum Gasteiger partial charge on any atom is 0.115 e. The molecule has 0 saturated heterocycles. The van der Waals surface area contributed by atoms with Gasteiger partial charge in [0.2, 0.25) is 0 Å². The number of phenols is 1. The average molecular weight is 249 g/mol. The highest BCUT2D eigenvalue weighted by molar-refractivity contribution is 5.27. The van der Waals surface area contributed by atoms with Gasteiger partial charge in [-0.2, -0.15) is 0 Å². The maximum absolute atomic E-state index is 10.6. The average Bonchev–Trinajstić information content (AvgIpc) is 2.36. The first-order chi connectivity index (χ1) is 8.61. The smallest absolute Gasteiger partial charge is 0.115 e. The Morgan fingerprint density at radius 3 is 2.39 bits per heavy atom. The van der Waals surface area contributed by atoms with Crippen molar-refractivity contribution in [2.45, 2.75) is 50.7 Å². The summed E-state index contributed by atoms with van der Waals surface area (Å²) in [5, 5.41) is 23.3. The van der Waals surface area contributed by atoms with Crippen LogP contribution in [0.2, 0.25) is 0 Å². The SMILES string of the molecule is CCNC1CCC(O)(Cc2ccc(O)cc2)CC1. The van der Waals surface area contributed by atoms with Crippen LogP contribution in [-0.4, -0.2) is 28.4 Å². The van der Waals surface area contributed by atoms with E-state index in [1.165, 1.54) is 0 Å². The van der Waals surface area contributed by atoms with E-state index in [-0.39, 0.29) is 5.75 Å². The Morgan fingerprint density at radius 1 is 1.22 bits per heavy atom. The van der Waals surface area contributed by atoms with Crippen LogP contribution in [0, 0.1) is 0 Å². The number of aromatic hydroxyl groups is 1.